The number of benzene rings is 2. The van der Waals surface area contributed by atoms with E-state index in [2.05, 4.69) is 16.0 Å². The first kappa shape index (κ1) is 33.9. The summed E-state index contributed by atoms with van der Waals surface area (Å²) in [6.07, 6.45) is 4.07. The summed E-state index contributed by atoms with van der Waals surface area (Å²) in [5.74, 6) is 0.446. The van der Waals surface area contributed by atoms with Gasteiger partial charge >= 0.3 is 0 Å². The second-order valence-electron chi connectivity index (χ2n) is 12.5. The second kappa shape index (κ2) is 15.3. The van der Waals surface area contributed by atoms with Gasteiger partial charge in [-0.3, -0.25) is 9.59 Å². The summed E-state index contributed by atoms with van der Waals surface area (Å²) in [7, 11) is -4.11. The van der Waals surface area contributed by atoms with E-state index in [-0.39, 0.29) is 67.1 Å². The van der Waals surface area contributed by atoms with Gasteiger partial charge < -0.3 is 25.8 Å². The molecule has 3 unspecified atom stereocenters. The molecular weight excluding hydrogens is 580 g/mol. The Morgan fingerprint density at radius 1 is 1.16 bits per heavy atom. The lowest BCUT2D eigenvalue weighted by molar-refractivity contribution is -0.123. The van der Waals surface area contributed by atoms with Gasteiger partial charge in [-0.05, 0) is 74.4 Å². The molecular formula is C33H48N4O6S. The highest BCUT2D eigenvalue weighted by Gasteiger charge is 2.43. The van der Waals surface area contributed by atoms with E-state index in [0.29, 0.717) is 31.6 Å². The molecule has 0 spiro atoms. The number of hydrogen-bond donors (Lipinski definition) is 4. The van der Waals surface area contributed by atoms with E-state index in [1.807, 2.05) is 51.1 Å². The van der Waals surface area contributed by atoms with E-state index in [1.165, 1.54) is 10.4 Å². The summed E-state index contributed by atoms with van der Waals surface area (Å²) >= 11 is 0. The Hall–Kier alpha value is -2.99. The third-order valence-electron chi connectivity index (χ3n) is 8.23. The number of hydrogen-bond acceptors (Lipinski definition) is 7. The van der Waals surface area contributed by atoms with Gasteiger partial charge in [0.05, 0.1) is 17.5 Å². The highest BCUT2D eigenvalue weighted by molar-refractivity contribution is 7.89. The number of amides is 2. The fourth-order valence-electron chi connectivity index (χ4n) is 5.88. The first-order valence-electron chi connectivity index (χ1n) is 15.8. The topological polar surface area (TPSA) is 137 Å². The number of nitrogens with zero attached hydrogens (tertiary/aromatic N) is 1. The Balaban J connectivity index is 1.42. The highest BCUT2D eigenvalue weighted by atomic mass is 32.2. The van der Waals surface area contributed by atoms with Gasteiger partial charge in [-0.1, -0.05) is 44.2 Å². The molecule has 2 aliphatic heterocycles. The van der Waals surface area contributed by atoms with E-state index in [1.54, 1.807) is 12.1 Å². The molecule has 0 bridgehead atoms. The number of aliphatic hydroxyl groups is 1. The van der Waals surface area contributed by atoms with Crippen LogP contribution in [0.2, 0.25) is 0 Å². The van der Waals surface area contributed by atoms with Crippen molar-refractivity contribution in [1.82, 2.24) is 20.3 Å². The van der Waals surface area contributed by atoms with Crippen LogP contribution < -0.4 is 20.7 Å². The molecule has 11 heteroatoms. The number of sulfonamides is 1. The summed E-state index contributed by atoms with van der Waals surface area (Å²) < 4.78 is 35.1. The van der Waals surface area contributed by atoms with Crippen LogP contribution in [0, 0.1) is 5.92 Å². The number of carbonyl (C=O) groups is 2. The van der Waals surface area contributed by atoms with Crippen LogP contribution in [-0.4, -0.2) is 73.7 Å². The Morgan fingerprint density at radius 2 is 1.93 bits per heavy atom. The van der Waals surface area contributed by atoms with Crippen molar-refractivity contribution in [1.29, 1.82) is 0 Å². The van der Waals surface area contributed by atoms with E-state index < -0.39 is 15.7 Å². The Kier molecular flexibility index (Phi) is 11.8. The van der Waals surface area contributed by atoms with Gasteiger partial charge in [0.1, 0.15) is 11.5 Å². The van der Waals surface area contributed by atoms with E-state index in [0.717, 1.165) is 30.5 Å². The van der Waals surface area contributed by atoms with Crippen molar-refractivity contribution in [2.45, 2.75) is 94.8 Å². The number of nitrogens with one attached hydrogen (secondary N) is 3. The zero-order valence-corrected chi connectivity index (χ0v) is 27.0. The minimum atomic E-state index is -4.11. The van der Waals surface area contributed by atoms with Crippen molar-refractivity contribution in [2.75, 3.05) is 26.2 Å². The average Bonchev–Trinajstić information content (AvgIpc) is 3.69. The van der Waals surface area contributed by atoms with Gasteiger partial charge in [0.15, 0.2) is 0 Å². The minimum Gasteiger partial charge on any atom is -0.493 e. The lowest BCUT2D eigenvalue weighted by Gasteiger charge is -2.40. The molecule has 1 saturated heterocycles. The number of fused-ring (bicyclic) bond motifs is 1. The molecule has 242 valence electrons. The van der Waals surface area contributed by atoms with E-state index in [4.69, 9.17) is 4.74 Å². The SMILES string of the molecule is CC(C)CN(C(O)(CCNC(=O)CCCC(C)NC(=O)C1CCCN1)Cc1ccccc1)S(=O)(=O)c1ccc2c(c1)CCO2. The zero-order valence-electron chi connectivity index (χ0n) is 26.2. The summed E-state index contributed by atoms with van der Waals surface area (Å²) in [6, 6.07) is 14.0. The number of ether oxygens (including phenoxy) is 1. The van der Waals surface area contributed by atoms with Gasteiger partial charge in [0.25, 0.3) is 0 Å². The van der Waals surface area contributed by atoms with Crippen molar-refractivity contribution >= 4 is 21.8 Å². The lowest BCUT2D eigenvalue weighted by atomic mass is 9.98. The summed E-state index contributed by atoms with van der Waals surface area (Å²) in [4.78, 5) is 25.2. The molecule has 0 aliphatic carbocycles. The van der Waals surface area contributed by atoms with Gasteiger partial charge in [0.2, 0.25) is 21.8 Å². The Bertz CT molecular complexity index is 1360. The monoisotopic (exact) mass is 628 g/mol. The second-order valence-corrected chi connectivity index (χ2v) is 14.4. The molecule has 0 saturated carbocycles. The fourth-order valence-corrected chi connectivity index (χ4v) is 7.76. The first-order valence-corrected chi connectivity index (χ1v) is 17.3. The van der Waals surface area contributed by atoms with Gasteiger partial charge in [-0.2, -0.15) is 4.31 Å². The van der Waals surface area contributed by atoms with Crippen LogP contribution in [-0.2, 0) is 32.5 Å². The molecule has 10 nitrogen and oxygen atoms in total. The average molecular weight is 629 g/mol. The Labute approximate surface area is 262 Å². The fraction of sp³-hybridized carbons (Fsp3) is 0.576. The predicted octanol–water partition coefficient (Wildman–Crippen LogP) is 3.13. The van der Waals surface area contributed by atoms with Crippen LogP contribution >= 0.6 is 0 Å². The molecule has 4 rings (SSSR count). The molecule has 4 N–H and O–H groups in total. The zero-order chi connectivity index (χ0) is 31.7. The van der Waals surface area contributed by atoms with Crippen LogP contribution in [0.15, 0.2) is 53.4 Å². The van der Waals surface area contributed by atoms with Crippen LogP contribution in [0.1, 0.15) is 70.4 Å². The van der Waals surface area contributed by atoms with Gasteiger partial charge in [-0.15, -0.1) is 0 Å². The van der Waals surface area contributed by atoms with Crippen molar-refractivity contribution < 1.29 is 27.9 Å². The number of rotatable bonds is 16. The van der Waals surface area contributed by atoms with Crippen molar-refractivity contribution in [3.63, 3.8) is 0 Å². The molecule has 2 aromatic rings. The van der Waals surface area contributed by atoms with E-state index >= 15 is 0 Å². The minimum absolute atomic E-state index is 0.00581. The largest absolute Gasteiger partial charge is 0.493 e. The van der Waals surface area contributed by atoms with Crippen LogP contribution in [0.3, 0.4) is 0 Å². The molecule has 3 atom stereocenters. The summed E-state index contributed by atoms with van der Waals surface area (Å²) in [5, 5.41) is 21.3. The maximum Gasteiger partial charge on any atom is 0.245 e. The molecule has 2 amide bonds. The molecule has 0 radical (unpaired) electrons. The molecule has 44 heavy (non-hydrogen) atoms. The van der Waals surface area contributed by atoms with Gasteiger partial charge in [0, 0.05) is 44.8 Å². The predicted molar refractivity (Wildman–Crippen MR) is 170 cm³/mol. The third-order valence-corrected chi connectivity index (χ3v) is 10.1. The maximum absolute atomic E-state index is 14.2. The lowest BCUT2D eigenvalue weighted by Crippen LogP contribution is -2.55. The smallest absolute Gasteiger partial charge is 0.245 e. The van der Waals surface area contributed by atoms with Crippen LogP contribution in [0.4, 0.5) is 0 Å². The standard InChI is InChI=1S/C33H48N4O6S/c1-24(2)23-37(44(41,42)28-14-15-30-27(21-28)16-20-43-30)33(40,22-26-10-5-4-6-11-26)17-19-35-31(38)13-7-9-25(3)36-32(39)29-12-8-18-34-29/h4-6,10-11,14-15,21,24-25,29,34,40H,7-9,12-13,16-20,22-23H2,1-3H3,(H,35,38)(H,36,39). The highest BCUT2D eigenvalue weighted by Crippen LogP contribution is 2.33. The van der Waals surface area contributed by atoms with E-state index in [9.17, 15) is 23.1 Å². The molecule has 2 aromatic carbocycles. The van der Waals surface area contributed by atoms with Gasteiger partial charge in [-0.25, -0.2) is 8.42 Å². The summed E-state index contributed by atoms with van der Waals surface area (Å²) in [6.45, 7) is 7.34. The first-order chi connectivity index (χ1) is 21.0. The van der Waals surface area contributed by atoms with Crippen molar-refractivity contribution in [3.05, 3.63) is 59.7 Å². The molecule has 1 fully saturated rings. The van der Waals surface area contributed by atoms with Crippen LogP contribution in [0.5, 0.6) is 5.75 Å². The Morgan fingerprint density at radius 3 is 2.64 bits per heavy atom. The third kappa shape index (κ3) is 9.03. The maximum atomic E-state index is 14.2. The number of carbonyl (C=O) groups excluding carboxylic acids is 2. The normalized spacial score (nSPS) is 18.5. The quantitative estimate of drug-likeness (QED) is 0.210. The van der Waals surface area contributed by atoms with Crippen molar-refractivity contribution in [3.8, 4) is 5.75 Å². The van der Waals surface area contributed by atoms with Crippen LogP contribution in [0.25, 0.3) is 0 Å². The molecule has 2 aliphatic rings. The summed E-state index contributed by atoms with van der Waals surface area (Å²) in [5.41, 5.74) is -0.171. The molecule has 0 aromatic heterocycles. The van der Waals surface area contributed by atoms with Crippen molar-refractivity contribution in [2.24, 2.45) is 5.92 Å². The molecule has 2 heterocycles.